The van der Waals surface area contributed by atoms with Crippen molar-refractivity contribution in [3.63, 3.8) is 0 Å². The van der Waals surface area contributed by atoms with Gasteiger partial charge in [-0.05, 0) is 31.5 Å². The Morgan fingerprint density at radius 1 is 1.56 bits per heavy atom. The van der Waals surface area contributed by atoms with Crippen molar-refractivity contribution in [2.45, 2.75) is 18.9 Å². The lowest BCUT2D eigenvalue weighted by Gasteiger charge is -2.29. The summed E-state index contributed by atoms with van der Waals surface area (Å²) in [6.45, 7) is 1.35. The molecular formula is C12H16N2O4. The Morgan fingerprint density at radius 3 is 3.06 bits per heavy atom. The van der Waals surface area contributed by atoms with E-state index in [2.05, 4.69) is 5.32 Å². The van der Waals surface area contributed by atoms with E-state index in [0.29, 0.717) is 6.54 Å². The molecule has 6 nitrogen and oxygen atoms in total. The van der Waals surface area contributed by atoms with Crippen LogP contribution >= 0.6 is 0 Å². The molecule has 18 heavy (non-hydrogen) atoms. The molecule has 2 N–H and O–H groups in total. The van der Waals surface area contributed by atoms with E-state index < -0.39 is 5.91 Å². The van der Waals surface area contributed by atoms with Crippen LogP contribution in [0.1, 0.15) is 23.4 Å². The van der Waals surface area contributed by atoms with Crippen LogP contribution in [0.25, 0.3) is 0 Å². The van der Waals surface area contributed by atoms with Gasteiger partial charge in [0.15, 0.2) is 5.76 Å². The highest BCUT2D eigenvalue weighted by molar-refractivity contribution is 6.03. The zero-order valence-corrected chi connectivity index (χ0v) is 9.96. The van der Waals surface area contributed by atoms with Crippen LogP contribution in [0.2, 0.25) is 0 Å². The number of hydrogen-bond donors (Lipinski definition) is 2. The minimum absolute atomic E-state index is 0.113. The van der Waals surface area contributed by atoms with Gasteiger partial charge >= 0.3 is 0 Å². The molecule has 2 amide bonds. The second-order valence-electron chi connectivity index (χ2n) is 4.39. The Hall–Kier alpha value is -1.66. The number of likely N-dealkylation sites (tertiary alicyclic amines) is 1. The molecule has 0 unspecified atom stereocenters. The normalized spacial score (nSPS) is 20.6. The van der Waals surface area contributed by atoms with Crippen LogP contribution in [0.5, 0.6) is 0 Å². The maximum Gasteiger partial charge on any atom is 0.293 e. The standard InChI is InChI=1S/C12H16N2O4/c15-9-3-1-5-14(7-9)8-11(16)13-12(17)10-4-2-6-18-10/h2,4,6,9,15H,1,3,5,7-8H2,(H,13,16,17)/t9-/m0/s1. The zero-order chi connectivity index (χ0) is 13.0. The Balaban J connectivity index is 1.80. The van der Waals surface area contributed by atoms with Gasteiger partial charge in [0, 0.05) is 6.54 Å². The summed E-state index contributed by atoms with van der Waals surface area (Å²) in [7, 11) is 0. The number of nitrogens with one attached hydrogen (secondary N) is 1. The number of aliphatic hydroxyl groups is 1. The minimum Gasteiger partial charge on any atom is -0.459 e. The van der Waals surface area contributed by atoms with E-state index in [1.165, 1.54) is 12.3 Å². The predicted octanol–water partition coefficient (Wildman–Crippen LogP) is -0.00730. The van der Waals surface area contributed by atoms with E-state index in [-0.39, 0.29) is 24.3 Å². The topological polar surface area (TPSA) is 82.8 Å². The Morgan fingerprint density at radius 2 is 2.39 bits per heavy atom. The third kappa shape index (κ3) is 3.41. The van der Waals surface area contributed by atoms with Crippen molar-refractivity contribution in [1.29, 1.82) is 0 Å². The van der Waals surface area contributed by atoms with Crippen molar-refractivity contribution < 1.29 is 19.1 Å². The fraction of sp³-hybridized carbons (Fsp3) is 0.500. The molecule has 1 aliphatic rings. The van der Waals surface area contributed by atoms with E-state index in [9.17, 15) is 14.7 Å². The lowest BCUT2D eigenvalue weighted by atomic mass is 10.1. The molecule has 0 spiro atoms. The largest absolute Gasteiger partial charge is 0.459 e. The van der Waals surface area contributed by atoms with Crippen LogP contribution in [0.15, 0.2) is 22.8 Å². The van der Waals surface area contributed by atoms with E-state index in [1.807, 2.05) is 4.90 Å². The maximum atomic E-state index is 11.6. The molecule has 0 radical (unpaired) electrons. The Kier molecular flexibility index (Phi) is 4.11. The van der Waals surface area contributed by atoms with Crippen LogP contribution in [0.3, 0.4) is 0 Å². The quantitative estimate of drug-likeness (QED) is 0.790. The second kappa shape index (κ2) is 5.79. The van der Waals surface area contributed by atoms with Crippen molar-refractivity contribution >= 4 is 11.8 Å². The van der Waals surface area contributed by atoms with Crippen molar-refractivity contribution in [1.82, 2.24) is 10.2 Å². The molecule has 2 rings (SSSR count). The van der Waals surface area contributed by atoms with Crippen LogP contribution in [0, 0.1) is 0 Å². The summed E-state index contributed by atoms with van der Waals surface area (Å²) >= 11 is 0. The van der Waals surface area contributed by atoms with Crippen LogP contribution in [-0.2, 0) is 4.79 Å². The number of nitrogens with zero attached hydrogens (tertiary/aromatic N) is 1. The monoisotopic (exact) mass is 252 g/mol. The first kappa shape index (κ1) is 12.8. The molecule has 1 atom stereocenters. The van der Waals surface area contributed by atoms with Crippen molar-refractivity contribution in [3.05, 3.63) is 24.2 Å². The number of amides is 2. The number of β-amino-alcohol motifs (C(OH)–C–C–N with tert-alkyl or cyclic N) is 1. The summed E-state index contributed by atoms with van der Waals surface area (Å²) in [5.41, 5.74) is 0. The van der Waals surface area contributed by atoms with Gasteiger partial charge in [-0.1, -0.05) is 0 Å². The summed E-state index contributed by atoms with van der Waals surface area (Å²) in [5, 5.41) is 11.7. The Bertz CT molecular complexity index is 416. The molecule has 0 aliphatic carbocycles. The van der Waals surface area contributed by atoms with Crippen LogP contribution in [0.4, 0.5) is 0 Å². The molecule has 0 bridgehead atoms. The highest BCUT2D eigenvalue weighted by atomic mass is 16.3. The van der Waals surface area contributed by atoms with E-state index in [0.717, 1.165) is 19.4 Å². The molecule has 0 aromatic carbocycles. The molecule has 1 fully saturated rings. The van der Waals surface area contributed by atoms with Gasteiger partial charge in [-0.25, -0.2) is 0 Å². The summed E-state index contributed by atoms with van der Waals surface area (Å²) in [6.07, 6.45) is 2.62. The zero-order valence-electron chi connectivity index (χ0n) is 9.96. The van der Waals surface area contributed by atoms with E-state index in [1.54, 1.807) is 6.07 Å². The summed E-state index contributed by atoms with van der Waals surface area (Å²) in [6, 6.07) is 3.08. The van der Waals surface area contributed by atoms with Crippen molar-refractivity contribution in [2.24, 2.45) is 0 Å². The van der Waals surface area contributed by atoms with Gasteiger partial charge in [0.1, 0.15) is 0 Å². The lowest BCUT2D eigenvalue weighted by molar-refractivity contribution is -0.122. The number of piperidine rings is 1. The number of carbonyl (C=O) groups excluding carboxylic acids is 2. The number of aliphatic hydroxyl groups excluding tert-OH is 1. The van der Waals surface area contributed by atoms with Crippen LogP contribution < -0.4 is 5.32 Å². The fourth-order valence-corrected chi connectivity index (χ4v) is 2.01. The molecule has 0 saturated carbocycles. The van der Waals surface area contributed by atoms with E-state index in [4.69, 9.17) is 4.42 Å². The number of imide groups is 1. The lowest BCUT2D eigenvalue weighted by Crippen LogP contribution is -2.45. The highest BCUT2D eigenvalue weighted by Gasteiger charge is 2.21. The Labute approximate surface area is 105 Å². The summed E-state index contributed by atoms with van der Waals surface area (Å²) in [4.78, 5) is 25.0. The van der Waals surface area contributed by atoms with E-state index >= 15 is 0 Å². The van der Waals surface area contributed by atoms with Gasteiger partial charge in [0.05, 0.1) is 18.9 Å². The highest BCUT2D eigenvalue weighted by Crippen LogP contribution is 2.09. The average Bonchev–Trinajstić information content (AvgIpc) is 2.81. The van der Waals surface area contributed by atoms with Gasteiger partial charge in [0.2, 0.25) is 5.91 Å². The average molecular weight is 252 g/mol. The first-order chi connectivity index (χ1) is 8.65. The first-order valence-corrected chi connectivity index (χ1v) is 5.93. The molecule has 98 valence electrons. The first-order valence-electron chi connectivity index (χ1n) is 5.93. The molecule has 1 aromatic rings. The van der Waals surface area contributed by atoms with Crippen molar-refractivity contribution in [2.75, 3.05) is 19.6 Å². The molecule has 1 aliphatic heterocycles. The predicted molar refractivity (Wildman–Crippen MR) is 62.9 cm³/mol. The summed E-state index contributed by atoms with van der Waals surface area (Å²) in [5.74, 6) is -0.810. The van der Waals surface area contributed by atoms with Gasteiger partial charge in [-0.15, -0.1) is 0 Å². The van der Waals surface area contributed by atoms with Crippen molar-refractivity contribution in [3.8, 4) is 0 Å². The smallest absolute Gasteiger partial charge is 0.293 e. The third-order valence-electron chi connectivity index (χ3n) is 2.85. The number of carbonyl (C=O) groups is 2. The molecule has 1 saturated heterocycles. The second-order valence-corrected chi connectivity index (χ2v) is 4.39. The van der Waals surface area contributed by atoms with Gasteiger partial charge in [-0.2, -0.15) is 0 Å². The summed E-state index contributed by atoms with van der Waals surface area (Å²) < 4.78 is 4.89. The number of rotatable bonds is 3. The number of furan rings is 1. The molecule has 6 heteroatoms. The SMILES string of the molecule is O=C(CN1CCC[C@H](O)C1)NC(=O)c1ccco1. The maximum absolute atomic E-state index is 11.6. The number of hydrogen-bond acceptors (Lipinski definition) is 5. The van der Waals surface area contributed by atoms with Gasteiger partial charge < -0.3 is 9.52 Å². The third-order valence-corrected chi connectivity index (χ3v) is 2.85. The van der Waals surface area contributed by atoms with Crippen LogP contribution in [-0.4, -0.2) is 47.6 Å². The fourth-order valence-electron chi connectivity index (χ4n) is 2.01. The molecule has 1 aromatic heterocycles. The molecular weight excluding hydrogens is 236 g/mol. The molecule has 2 heterocycles. The minimum atomic E-state index is -0.539. The van der Waals surface area contributed by atoms with Gasteiger partial charge in [0.25, 0.3) is 5.91 Å². The van der Waals surface area contributed by atoms with Gasteiger partial charge in [-0.3, -0.25) is 19.8 Å².